The van der Waals surface area contributed by atoms with Gasteiger partial charge in [-0.2, -0.15) is 0 Å². The molecule has 0 amide bonds. The molecule has 1 unspecified atom stereocenters. The number of rotatable bonds is 3. The van der Waals surface area contributed by atoms with Crippen LogP contribution < -0.4 is 10.1 Å². The first-order valence-electron chi connectivity index (χ1n) is 9.10. The maximum Gasteiger partial charge on any atom is 0.122 e. The highest BCUT2D eigenvalue weighted by Gasteiger charge is 2.26. The molecule has 3 nitrogen and oxygen atoms in total. The van der Waals surface area contributed by atoms with Gasteiger partial charge in [0.2, 0.25) is 0 Å². The second-order valence-corrected chi connectivity index (χ2v) is 7.36. The molecular formula is C22H26N2O. The summed E-state index contributed by atoms with van der Waals surface area (Å²) in [4.78, 5) is 3.68. The van der Waals surface area contributed by atoms with E-state index in [1.165, 1.54) is 38.9 Å². The SMILES string of the molecule is COc1ccc(C2NCCc3c2[nH]c2ccc(C)cc32)cc1C(C)C. The Balaban J connectivity index is 1.84. The molecule has 2 N–H and O–H groups in total. The molecule has 0 bridgehead atoms. The molecule has 0 spiro atoms. The smallest absolute Gasteiger partial charge is 0.122 e. The number of ether oxygens (including phenoxy) is 1. The Kier molecular flexibility index (Phi) is 4.04. The molecule has 2 aromatic carbocycles. The fraction of sp³-hybridized carbons (Fsp3) is 0.364. The van der Waals surface area contributed by atoms with E-state index >= 15 is 0 Å². The Labute approximate surface area is 149 Å². The van der Waals surface area contributed by atoms with E-state index in [0.29, 0.717) is 5.92 Å². The molecule has 0 radical (unpaired) electrons. The van der Waals surface area contributed by atoms with Gasteiger partial charge in [-0.3, -0.25) is 0 Å². The largest absolute Gasteiger partial charge is 0.496 e. The Morgan fingerprint density at radius 1 is 1.12 bits per heavy atom. The highest BCUT2D eigenvalue weighted by Crippen LogP contribution is 2.36. The van der Waals surface area contributed by atoms with Crippen LogP contribution in [0.1, 0.15) is 53.8 Å². The average Bonchev–Trinajstić information content (AvgIpc) is 2.99. The third-order valence-corrected chi connectivity index (χ3v) is 5.32. The molecule has 3 aromatic rings. The zero-order chi connectivity index (χ0) is 17.6. The molecule has 0 saturated carbocycles. The van der Waals surface area contributed by atoms with Crippen LogP contribution in [0.25, 0.3) is 10.9 Å². The van der Waals surface area contributed by atoms with Gasteiger partial charge < -0.3 is 15.0 Å². The minimum atomic E-state index is 0.208. The molecule has 0 fully saturated rings. The number of aromatic nitrogens is 1. The third-order valence-electron chi connectivity index (χ3n) is 5.32. The van der Waals surface area contributed by atoms with Crippen LogP contribution in [0, 0.1) is 6.92 Å². The summed E-state index contributed by atoms with van der Waals surface area (Å²) in [5.41, 5.74) is 7.89. The Hall–Kier alpha value is -2.26. The topological polar surface area (TPSA) is 37.0 Å². The van der Waals surface area contributed by atoms with E-state index in [1.54, 1.807) is 7.11 Å². The minimum absolute atomic E-state index is 0.208. The number of nitrogens with one attached hydrogen (secondary N) is 2. The van der Waals surface area contributed by atoms with Gasteiger partial charge in [0.1, 0.15) is 5.75 Å². The van der Waals surface area contributed by atoms with Crippen molar-refractivity contribution in [1.82, 2.24) is 10.3 Å². The molecule has 1 atom stereocenters. The lowest BCUT2D eigenvalue weighted by molar-refractivity contribution is 0.407. The van der Waals surface area contributed by atoms with Crippen LogP contribution >= 0.6 is 0 Å². The highest BCUT2D eigenvalue weighted by molar-refractivity contribution is 5.86. The summed E-state index contributed by atoms with van der Waals surface area (Å²) < 4.78 is 5.55. The van der Waals surface area contributed by atoms with E-state index in [-0.39, 0.29) is 6.04 Å². The molecule has 0 aliphatic carbocycles. The van der Waals surface area contributed by atoms with Crippen LogP contribution in [0.5, 0.6) is 5.75 Å². The van der Waals surface area contributed by atoms with Crippen LogP contribution in [0.2, 0.25) is 0 Å². The van der Waals surface area contributed by atoms with Crippen LogP contribution in [-0.2, 0) is 6.42 Å². The molecule has 130 valence electrons. The summed E-state index contributed by atoms with van der Waals surface area (Å²) in [6.45, 7) is 7.59. The lowest BCUT2D eigenvalue weighted by Gasteiger charge is -2.26. The Morgan fingerprint density at radius 2 is 1.96 bits per heavy atom. The van der Waals surface area contributed by atoms with Crippen molar-refractivity contribution in [2.24, 2.45) is 0 Å². The van der Waals surface area contributed by atoms with Gasteiger partial charge in [-0.25, -0.2) is 0 Å². The van der Waals surface area contributed by atoms with Gasteiger partial charge in [-0.15, -0.1) is 0 Å². The molecule has 3 heteroatoms. The zero-order valence-electron chi connectivity index (χ0n) is 15.4. The zero-order valence-corrected chi connectivity index (χ0v) is 15.4. The van der Waals surface area contributed by atoms with E-state index in [0.717, 1.165) is 18.7 Å². The maximum absolute atomic E-state index is 5.55. The van der Waals surface area contributed by atoms with Gasteiger partial charge in [0, 0.05) is 23.1 Å². The van der Waals surface area contributed by atoms with E-state index in [1.807, 2.05) is 0 Å². The molecule has 1 aliphatic heterocycles. The summed E-state index contributed by atoms with van der Waals surface area (Å²) >= 11 is 0. The van der Waals surface area contributed by atoms with Crippen molar-refractivity contribution in [3.05, 3.63) is 64.3 Å². The summed E-state index contributed by atoms with van der Waals surface area (Å²) in [5, 5.41) is 5.07. The number of hydrogen-bond donors (Lipinski definition) is 2. The first-order valence-corrected chi connectivity index (χ1v) is 9.10. The van der Waals surface area contributed by atoms with Crippen molar-refractivity contribution in [3.63, 3.8) is 0 Å². The predicted molar refractivity (Wildman–Crippen MR) is 104 cm³/mol. The van der Waals surface area contributed by atoms with Crippen molar-refractivity contribution in [2.45, 2.75) is 39.2 Å². The van der Waals surface area contributed by atoms with Crippen molar-refractivity contribution in [2.75, 3.05) is 13.7 Å². The van der Waals surface area contributed by atoms with E-state index < -0.39 is 0 Å². The number of fused-ring (bicyclic) bond motifs is 3. The lowest BCUT2D eigenvalue weighted by Crippen LogP contribution is -2.30. The monoisotopic (exact) mass is 334 g/mol. The number of hydrogen-bond acceptors (Lipinski definition) is 2. The van der Waals surface area contributed by atoms with Crippen LogP contribution in [0.4, 0.5) is 0 Å². The first-order chi connectivity index (χ1) is 12.1. The fourth-order valence-electron chi connectivity index (χ4n) is 4.01. The number of H-pyrrole nitrogens is 1. The van der Waals surface area contributed by atoms with Crippen LogP contribution in [-0.4, -0.2) is 18.6 Å². The van der Waals surface area contributed by atoms with Crippen molar-refractivity contribution in [1.29, 1.82) is 0 Å². The van der Waals surface area contributed by atoms with Crippen LogP contribution in [0.15, 0.2) is 36.4 Å². The van der Waals surface area contributed by atoms with E-state index in [4.69, 9.17) is 4.74 Å². The second-order valence-electron chi connectivity index (χ2n) is 7.36. The summed E-state index contributed by atoms with van der Waals surface area (Å²) in [6, 6.07) is 13.5. The van der Waals surface area contributed by atoms with Crippen molar-refractivity contribution >= 4 is 10.9 Å². The summed E-state index contributed by atoms with van der Waals surface area (Å²) in [7, 11) is 1.75. The maximum atomic E-state index is 5.55. The minimum Gasteiger partial charge on any atom is -0.496 e. The highest BCUT2D eigenvalue weighted by atomic mass is 16.5. The van der Waals surface area contributed by atoms with Crippen LogP contribution in [0.3, 0.4) is 0 Å². The molecule has 1 aliphatic rings. The molecular weight excluding hydrogens is 308 g/mol. The number of aromatic amines is 1. The third kappa shape index (κ3) is 2.73. The van der Waals surface area contributed by atoms with Gasteiger partial charge in [0.15, 0.2) is 0 Å². The Bertz CT molecular complexity index is 923. The van der Waals surface area contributed by atoms with Gasteiger partial charge >= 0.3 is 0 Å². The molecule has 2 heterocycles. The van der Waals surface area contributed by atoms with E-state index in [9.17, 15) is 0 Å². The van der Waals surface area contributed by atoms with Crippen molar-refractivity contribution < 1.29 is 4.74 Å². The molecule has 25 heavy (non-hydrogen) atoms. The molecule has 0 saturated heterocycles. The molecule has 1 aromatic heterocycles. The van der Waals surface area contributed by atoms with Gasteiger partial charge in [-0.05, 0) is 60.2 Å². The second kappa shape index (κ2) is 6.23. The van der Waals surface area contributed by atoms with E-state index in [2.05, 4.69) is 67.5 Å². The number of benzene rings is 2. The first kappa shape index (κ1) is 16.2. The normalized spacial score (nSPS) is 17.1. The standard InChI is InChI=1S/C22H26N2O/c1-13(2)17-12-15(6-8-20(17)25-4)21-22-16(9-10-23-21)18-11-14(3)5-7-19(18)24-22/h5-8,11-13,21,23-24H,9-10H2,1-4H3. The fourth-order valence-corrected chi connectivity index (χ4v) is 4.01. The van der Waals surface area contributed by atoms with Gasteiger partial charge in [0.05, 0.1) is 13.2 Å². The number of aryl methyl sites for hydroxylation is 1. The summed E-state index contributed by atoms with van der Waals surface area (Å²) in [6.07, 6.45) is 1.07. The number of methoxy groups -OCH3 is 1. The van der Waals surface area contributed by atoms with Crippen molar-refractivity contribution in [3.8, 4) is 5.75 Å². The van der Waals surface area contributed by atoms with Gasteiger partial charge in [-0.1, -0.05) is 31.5 Å². The molecule has 4 rings (SSSR count). The Morgan fingerprint density at radius 3 is 2.72 bits per heavy atom. The predicted octanol–water partition coefficient (Wildman–Crippen LogP) is 4.84. The van der Waals surface area contributed by atoms with Gasteiger partial charge in [0.25, 0.3) is 0 Å². The summed E-state index contributed by atoms with van der Waals surface area (Å²) in [5.74, 6) is 1.41. The average molecular weight is 334 g/mol. The quantitative estimate of drug-likeness (QED) is 0.719. The lowest BCUT2D eigenvalue weighted by atomic mass is 9.91.